The second kappa shape index (κ2) is 5.67. The third-order valence-corrected chi connectivity index (χ3v) is 2.21. The van der Waals surface area contributed by atoms with Crippen molar-refractivity contribution < 1.29 is 73.9 Å². The first kappa shape index (κ1) is 14.7. The number of halogens is 3. The van der Waals surface area contributed by atoms with Crippen LogP contribution in [0.5, 0.6) is 0 Å². The van der Waals surface area contributed by atoms with Crippen molar-refractivity contribution in [3.8, 4) is 0 Å². The van der Waals surface area contributed by atoms with E-state index in [4.69, 9.17) is 0 Å². The van der Waals surface area contributed by atoms with Gasteiger partial charge in [0.05, 0.1) is 7.11 Å². The molecule has 0 unspecified atom stereocenters. The maximum atomic E-state index is 12.2. The van der Waals surface area contributed by atoms with Gasteiger partial charge in [-0.1, -0.05) is 5.46 Å². The fraction of sp³-hybridized carbons (Fsp3) is 0.167. The Hall–Kier alpha value is 0.661. The van der Waals surface area contributed by atoms with Gasteiger partial charge < -0.3 is 17.7 Å². The standard InChI is InChI=1S/C6H5BF3O2S.K/c1-12-6(11)4-2-13-3-5(4)7(8,9)10;/h2-3H,1H3;/q-1;+1. The van der Waals surface area contributed by atoms with E-state index in [1.165, 1.54) is 0 Å². The van der Waals surface area contributed by atoms with Crippen molar-refractivity contribution >= 4 is 29.7 Å². The Labute approximate surface area is 125 Å². The van der Waals surface area contributed by atoms with Gasteiger partial charge in [0.15, 0.2) is 0 Å². The van der Waals surface area contributed by atoms with E-state index in [0.717, 1.165) is 29.2 Å². The molecule has 0 aliphatic carbocycles. The Bertz CT molecular complexity index is 325. The molecule has 0 spiro atoms. The number of methoxy groups -OCH3 is 1. The van der Waals surface area contributed by atoms with Crippen LogP contribution in [-0.4, -0.2) is 20.1 Å². The summed E-state index contributed by atoms with van der Waals surface area (Å²) >= 11 is 0.832. The van der Waals surface area contributed by atoms with Gasteiger partial charge in [-0.3, -0.25) is 0 Å². The zero-order valence-electron chi connectivity index (χ0n) is 7.59. The Balaban J connectivity index is 0.00000169. The molecule has 0 radical (unpaired) electrons. The van der Waals surface area contributed by atoms with Crippen LogP contribution in [0.3, 0.4) is 0 Å². The molecule has 0 saturated carbocycles. The average Bonchev–Trinajstić information content (AvgIpc) is 2.49. The second-order valence-electron chi connectivity index (χ2n) is 2.31. The maximum Gasteiger partial charge on any atom is 1.00 e. The summed E-state index contributed by atoms with van der Waals surface area (Å²) in [5.41, 5.74) is -1.28. The van der Waals surface area contributed by atoms with Crippen LogP contribution < -0.4 is 56.8 Å². The molecular formula is C6H5BF3KO2S. The number of carbonyl (C=O) groups is 1. The average molecular weight is 248 g/mol. The van der Waals surface area contributed by atoms with E-state index in [2.05, 4.69) is 4.74 Å². The van der Waals surface area contributed by atoms with Crippen LogP contribution in [0.2, 0.25) is 0 Å². The third-order valence-electron chi connectivity index (χ3n) is 1.45. The molecular weight excluding hydrogens is 243 g/mol. The van der Waals surface area contributed by atoms with Gasteiger partial charge in [-0.2, -0.15) is 11.3 Å². The number of rotatable bonds is 2. The predicted molar refractivity (Wildman–Crippen MR) is 44.4 cm³/mol. The molecule has 0 saturated heterocycles. The summed E-state index contributed by atoms with van der Waals surface area (Å²) in [5.74, 6) is -0.949. The number of carbonyl (C=O) groups excluding carboxylic acids is 1. The largest absolute Gasteiger partial charge is 1.00 e. The minimum atomic E-state index is -5.13. The first-order valence-corrected chi connectivity index (χ1v) is 4.25. The predicted octanol–water partition coefficient (Wildman–Crippen LogP) is -1.41. The monoisotopic (exact) mass is 248 g/mol. The van der Waals surface area contributed by atoms with Gasteiger partial charge >= 0.3 is 64.3 Å². The fourth-order valence-corrected chi connectivity index (χ4v) is 1.70. The summed E-state index contributed by atoms with van der Waals surface area (Å²) in [6.45, 7) is -5.13. The van der Waals surface area contributed by atoms with Crippen molar-refractivity contribution in [1.82, 2.24) is 0 Å². The molecule has 1 aromatic rings. The molecule has 1 heterocycles. The van der Waals surface area contributed by atoms with Gasteiger partial charge in [-0.25, -0.2) is 4.79 Å². The van der Waals surface area contributed by atoms with E-state index in [9.17, 15) is 17.7 Å². The van der Waals surface area contributed by atoms with Crippen molar-refractivity contribution in [1.29, 1.82) is 0 Å². The first-order chi connectivity index (χ1) is 5.96. The van der Waals surface area contributed by atoms with E-state index < -0.39 is 24.0 Å². The summed E-state index contributed by atoms with van der Waals surface area (Å²) in [4.78, 5) is 10.8. The van der Waals surface area contributed by atoms with Crippen LogP contribution in [0, 0.1) is 0 Å². The van der Waals surface area contributed by atoms with Crippen LogP contribution in [0.4, 0.5) is 12.9 Å². The molecule has 0 aromatic carbocycles. The second-order valence-corrected chi connectivity index (χ2v) is 3.05. The van der Waals surface area contributed by atoms with Crippen LogP contribution in [0.1, 0.15) is 10.4 Å². The zero-order valence-corrected chi connectivity index (χ0v) is 11.5. The van der Waals surface area contributed by atoms with Gasteiger partial charge in [0, 0.05) is 10.9 Å². The van der Waals surface area contributed by atoms with Crippen molar-refractivity contribution in [3.05, 3.63) is 16.3 Å². The van der Waals surface area contributed by atoms with Crippen molar-refractivity contribution in [3.63, 3.8) is 0 Å². The van der Waals surface area contributed by atoms with Crippen LogP contribution in [0.15, 0.2) is 10.8 Å². The molecule has 0 aliphatic rings. The third kappa shape index (κ3) is 3.35. The summed E-state index contributed by atoms with van der Waals surface area (Å²) in [5, 5.41) is 2.04. The van der Waals surface area contributed by atoms with Crippen LogP contribution >= 0.6 is 11.3 Å². The van der Waals surface area contributed by atoms with Crippen molar-refractivity contribution in [2.75, 3.05) is 7.11 Å². The van der Waals surface area contributed by atoms with Gasteiger partial charge in [-0.05, 0) is 5.38 Å². The zero-order chi connectivity index (χ0) is 10.1. The van der Waals surface area contributed by atoms with E-state index in [1.54, 1.807) is 0 Å². The molecule has 72 valence electrons. The quantitative estimate of drug-likeness (QED) is 0.475. The maximum absolute atomic E-state index is 12.2. The Morgan fingerprint density at radius 2 is 2.00 bits per heavy atom. The summed E-state index contributed by atoms with van der Waals surface area (Å²) < 4.78 is 40.9. The normalized spacial score (nSPS) is 10.6. The smallest absolute Gasteiger partial charge is 0.465 e. The molecule has 0 bridgehead atoms. The Morgan fingerprint density at radius 1 is 1.43 bits per heavy atom. The number of ether oxygens (including phenoxy) is 1. The van der Waals surface area contributed by atoms with Crippen molar-refractivity contribution in [2.24, 2.45) is 0 Å². The molecule has 0 aliphatic heterocycles. The summed E-state index contributed by atoms with van der Waals surface area (Å²) in [6.07, 6.45) is 0. The molecule has 0 atom stereocenters. The van der Waals surface area contributed by atoms with Gasteiger partial charge in [0.1, 0.15) is 0 Å². The van der Waals surface area contributed by atoms with Gasteiger partial charge in [-0.15, -0.1) is 0 Å². The molecule has 2 nitrogen and oxygen atoms in total. The molecule has 1 rings (SSSR count). The summed E-state index contributed by atoms with van der Waals surface area (Å²) in [6, 6.07) is 0. The molecule has 0 amide bonds. The minimum Gasteiger partial charge on any atom is -0.465 e. The van der Waals surface area contributed by atoms with Gasteiger partial charge in [0.25, 0.3) is 0 Å². The van der Waals surface area contributed by atoms with E-state index in [-0.39, 0.29) is 51.4 Å². The van der Waals surface area contributed by atoms with Crippen molar-refractivity contribution in [2.45, 2.75) is 0 Å². The Morgan fingerprint density at radius 3 is 2.43 bits per heavy atom. The molecule has 1 aromatic heterocycles. The summed E-state index contributed by atoms with van der Waals surface area (Å²) in [7, 11) is 1.05. The van der Waals surface area contributed by atoms with E-state index >= 15 is 0 Å². The minimum absolute atomic E-state index is 0. The first-order valence-electron chi connectivity index (χ1n) is 3.31. The van der Waals surface area contributed by atoms with E-state index in [1.807, 2.05) is 0 Å². The Kier molecular flexibility index (Phi) is 5.93. The molecule has 0 fully saturated rings. The number of thiophene rings is 1. The number of hydrogen-bond acceptors (Lipinski definition) is 3. The molecule has 8 heteroatoms. The van der Waals surface area contributed by atoms with Crippen LogP contribution in [-0.2, 0) is 4.74 Å². The van der Waals surface area contributed by atoms with Gasteiger partial charge in [0.2, 0.25) is 0 Å². The van der Waals surface area contributed by atoms with Crippen LogP contribution in [0.25, 0.3) is 0 Å². The number of esters is 1. The van der Waals surface area contributed by atoms with E-state index in [0.29, 0.717) is 0 Å². The SMILES string of the molecule is COC(=O)c1cscc1[B-](F)(F)F.[K+]. The number of hydrogen-bond donors (Lipinski definition) is 0. The molecule has 0 N–H and O–H groups in total. The fourth-order valence-electron chi connectivity index (χ4n) is 0.836. The molecule has 14 heavy (non-hydrogen) atoms. The topological polar surface area (TPSA) is 26.3 Å².